The fourth-order valence-electron chi connectivity index (χ4n) is 9.33. The molecule has 0 fully saturated rings. The Hall–Kier alpha value is -7.29. The van der Waals surface area contributed by atoms with E-state index in [1.54, 1.807) is 0 Å². The third kappa shape index (κ3) is 5.15. The molecule has 9 aromatic carbocycles. The number of para-hydroxylation sites is 1. The molecule has 0 bridgehead atoms. The molecule has 2 heteroatoms. The molecule has 0 spiro atoms. The molecule has 0 aliphatic heterocycles. The van der Waals surface area contributed by atoms with Crippen molar-refractivity contribution in [3.63, 3.8) is 0 Å². The van der Waals surface area contributed by atoms with Gasteiger partial charge in [-0.15, -0.1) is 0 Å². The second-order valence-corrected chi connectivity index (χ2v) is 15.4. The Bertz CT molecular complexity index is 3590. The quantitative estimate of drug-likeness (QED) is 0.181. The summed E-state index contributed by atoms with van der Waals surface area (Å²) in [6, 6.07) is 62.1. The molecule has 0 saturated heterocycles. The largest absolute Gasteiger partial charge is 0.454 e. The summed E-state index contributed by atoms with van der Waals surface area (Å²) in [7, 11) is 0. The summed E-state index contributed by atoms with van der Waals surface area (Å²) in [6.45, 7) is 0. The smallest absolute Gasteiger partial charge is 0.161 e. The molecule has 1 aliphatic rings. The molecule has 0 saturated carbocycles. The zero-order valence-electron chi connectivity index (χ0n) is 31.2. The van der Waals surface area contributed by atoms with E-state index < -0.39 is 0 Å². The van der Waals surface area contributed by atoms with Crippen LogP contribution in [-0.4, -0.2) is 4.98 Å². The summed E-state index contributed by atoms with van der Waals surface area (Å²) in [6.07, 6.45) is 8.90. The van der Waals surface area contributed by atoms with Gasteiger partial charge in [0.1, 0.15) is 11.3 Å². The first-order chi connectivity index (χ1) is 28.2. The van der Waals surface area contributed by atoms with Crippen LogP contribution in [0.15, 0.2) is 180 Å². The minimum atomic E-state index is 0.827. The van der Waals surface area contributed by atoms with Gasteiger partial charge in [-0.3, -0.25) is 4.98 Å². The van der Waals surface area contributed by atoms with Crippen molar-refractivity contribution in [2.75, 3.05) is 0 Å². The van der Waals surface area contributed by atoms with Crippen LogP contribution in [0, 0.1) is 0 Å². The lowest BCUT2D eigenvalue weighted by atomic mass is 9.84. The fourth-order valence-corrected chi connectivity index (χ4v) is 9.33. The average molecular weight is 726 g/mol. The molecular weight excluding hydrogens is 691 g/mol. The highest BCUT2D eigenvalue weighted by Gasteiger charge is 2.19. The number of fused-ring (bicyclic) bond motifs is 8. The number of aromatic nitrogens is 1. The molecule has 1 aliphatic carbocycles. The normalized spacial score (nSPS) is 12.7. The van der Waals surface area contributed by atoms with E-state index in [0.717, 1.165) is 46.0 Å². The predicted molar refractivity (Wildman–Crippen MR) is 241 cm³/mol. The number of hydrogen-bond acceptors (Lipinski definition) is 2. The lowest BCUT2D eigenvalue weighted by molar-refractivity contribution is 0.668. The molecule has 12 rings (SSSR count). The van der Waals surface area contributed by atoms with E-state index in [1.807, 2.05) is 24.4 Å². The van der Waals surface area contributed by atoms with Crippen molar-refractivity contribution < 1.29 is 4.42 Å². The molecule has 11 aromatic rings. The second kappa shape index (κ2) is 12.6. The molecule has 0 radical (unpaired) electrons. The van der Waals surface area contributed by atoms with Crippen LogP contribution in [0.2, 0.25) is 0 Å². The summed E-state index contributed by atoms with van der Waals surface area (Å²) >= 11 is 0. The first-order valence-corrected chi connectivity index (χ1v) is 19.8. The number of benzene rings is 9. The molecule has 0 atom stereocenters. The zero-order chi connectivity index (χ0) is 37.5. The molecule has 2 nitrogen and oxygen atoms in total. The Labute approximate surface area is 329 Å². The van der Waals surface area contributed by atoms with Crippen molar-refractivity contribution in [1.29, 1.82) is 0 Å². The third-order valence-corrected chi connectivity index (χ3v) is 12.1. The first-order valence-electron chi connectivity index (χ1n) is 19.8. The molecule has 0 unspecified atom stereocenters. The van der Waals surface area contributed by atoms with Crippen molar-refractivity contribution in [2.45, 2.75) is 12.8 Å². The summed E-state index contributed by atoms with van der Waals surface area (Å²) in [5.41, 5.74) is 11.2. The van der Waals surface area contributed by atoms with Crippen LogP contribution >= 0.6 is 0 Å². The molecule has 0 amide bonds. The van der Waals surface area contributed by atoms with Gasteiger partial charge >= 0.3 is 0 Å². The third-order valence-electron chi connectivity index (χ3n) is 12.1. The Kier molecular flexibility index (Phi) is 7.09. The first kappa shape index (κ1) is 32.0. The lowest BCUT2D eigenvalue weighted by Gasteiger charge is -2.19. The Balaban J connectivity index is 1.05. The Morgan fingerprint density at radius 3 is 1.60 bits per heavy atom. The number of nitrogens with zero attached hydrogens (tertiary/aromatic N) is 1. The van der Waals surface area contributed by atoms with Crippen molar-refractivity contribution in [2.24, 2.45) is 0 Å². The van der Waals surface area contributed by atoms with Gasteiger partial charge in [0.25, 0.3) is 0 Å². The highest BCUT2D eigenvalue weighted by Crippen LogP contribution is 2.39. The van der Waals surface area contributed by atoms with Crippen LogP contribution in [-0.2, 0) is 0 Å². The van der Waals surface area contributed by atoms with Gasteiger partial charge in [-0.25, -0.2) is 0 Å². The lowest BCUT2D eigenvalue weighted by Crippen LogP contribution is -2.31. The second-order valence-electron chi connectivity index (χ2n) is 15.4. The van der Waals surface area contributed by atoms with Gasteiger partial charge in [0.2, 0.25) is 0 Å². The number of hydrogen-bond donors (Lipinski definition) is 0. The van der Waals surface area contributed by atoms with Crippen LogP contribution in [0.3, 0.4) is 0 Å². The molecule has 0 N–H and O–H groups in total. The highest BCUT2D eigenvalue weighted by atomic mass is 16.3. The maximum absolute atomic E-state index is 6.35. The van der Waals surface area contributed by atoms with Crippen LogP contribution in [0.1, 0.15) is 12.8 Å². The van der Waals surface area contributed by atoms with E-state index >= 15 is 0 Å². The molecular formula is C55H35NO. The van der Waals surface area contributed by atoms with Gasteiger partial charge in [-0.2, -0.15) is 0 Å². The average Bonchev–Trinajstić information content (AvgIpc) is 3.66. The van der Waals surface area contributed by atoms with Crippen molar-refractivity contribution in [1.82, 2.24) is 4.98 Å². The summed E-state index contributed by atoms with van der Waals surface area (Å²) < 4.78 is 6.35. The standard InChI is InChI=1S/C55H35NO/c1-3-11-36-30-42(22-17-34(36)9-1)52-46-14-5-6-15-47(46)53(43-23-18-35-10-2-4-12-37(35)31-43)50-33-41(25-26-48(50)52)39-19-20-40-32-44(24-21-38(40)29-39)54-55-49(27-28-56-54)45-13-7-8-16-51(45)57-55/h1-4,7-33H,5-6H2. The van der Waals surface area contributed by atoms with E-state index in [9.17, 15) is 0 Å². The van der Waals surface area contributed by atoms with E-state index in [4.69, 9.17) is 9.40 Å². The topological polar surface area (TPSA) is 26.0 Å². The van der Waals surface area contributed by atoms with Crippen LogP contribution in [0.4, 0.5) is 0 Å². The van der Waals surface area contributed by atoms with Gasteiger partial charge in [-0.1, -0.05) is 140 Å². The van der Waals surface area contributed by atoms with Gasteiger partial charge in [0, 0.05) is 22.5 Å². The van der Waals surface area contributed by atoms with Crippen LogP contribution in [0.5, 0.6) is 0 Å². The number of furan rings is 1. The molecule has 57 heavy (non-hydrogen) atoms. The van der Waals surface area contributed by atoms with Gasteiger partial charge in [-0.05, 0) is 142 Å². The van der Waals surface area contributed by atoms with Gasteiger partial charge in [0.15, 0.2) is 5.58 Å². The molecule has 266 valence electrons. The van der Waals surface area contributed by atoms with Crippen LogP contribution in [0.25, 0.3) is 122 Å². The van der Waals surface area contributed by atoms with E-state index in [2.05, 4.69) is 164 Å². The number of rotatable bonds is 4. The Morgan fingerprint density at radius 2 is 0.877 bits per heavy atom. The maximum Gasteiger partial charge on any atom is 0.161 e. The fraction of sp³-hybridized carbons (Fsp3) is 0.0364. The zero-order valence-corrected chi connectivity index (χ0v) is 31.2. The van der Waals surface area contributed by atoms with Crippen molar-refractivity contribution in [3.8, 4) is 44.6 Å². The molecule has 2 aromatic heterocycles. The number of pyridine rings is 1. The summed E-state index contributed by atoms with van der Waals surface area (Å²) in [5, 5.41) is 14.8. The monoisotopic (exact) mass is 725 g/mol. The minimum Gasteiger partial charge on any atom is -0.454 e. The summed E-state index contributed by atoms with van der Waals surface area (Å²) in [4.78, 5) is 4.80. The highest BCUT2D eigenvalue weighted by molar-refractivity contribution is 6.11. The maximum atomic E-state index is 6.35. The SMILES string of the molecule is C1=c2c(-c3ccc4ccccc4c3)c3ccc(-c4ccc5cc(-c6nccc7c6oc6ccccc67)ccc5c4)cc3c(-c3ccc4ccccc4c3)c2=CCC1. The van der Waals surface area contributed by atoms with Gasteiger partial charge < -0.3 is 4.42 Å². The Morgan fingerprint density at radius 1 is 0.368 bits per heavy atom. The van der Waals surface area contributed by atoms with Crippen LogP contribution < -0.4 is 10.4 Å². The van der Waals surface area contributed by atoms with Crippen molar-refractivity contribution in [3.05, 3.63) is 186 Å². The minimum absolute atomic E-state index is 0.827. The predicted octanol–water partition coefficient (Wildman–Crippen LogP) is 13.6. The van der Waals surface area contributed by atoms with E-state index in [0.29, 0.717) is 0 Å². The van der Waals surface area contributed by atoms with E-state index in [1.165, 1.54) is 86.9 Å². The van der Waals surface area contributed by atoms with Gasteiger partial charge in [0.05, 0.1) is 0 Å². The molecule has 2 heterocycles. The van der Waals surface area contributed by atoms with E-state index in [-0.39, 0.29) is 0 Å². The summed E-state index contributed by atoms with van der Waals surface area (Å²) in [5.74, 6) is 0. The van der Waals surface area contributed by atoms with Crippen molar-refractivity contribution >= 4 is 77.2 Å².